The molecule has 0 aromatic carbocycles. The summed E-state index contributed by atoms with van der Waals surface area (Å²) >= 11 is 0. The van der Waals surface area contributed by atoms with Gasteiger partial charge in [0.15, 0.2) is 0 Å². The predicted octanol–water partition coefficient (Wildman–Crippen LogP) is 2.90. The Hall–Kier alpha value is -2.04. The largest absolute Gasteiger partial charge is 0.444 e. The second-order valence-electron chi connectivity index (χ2n) is 5.85. The second-order valence-corrected chi connectivity index (χ2v) is 5.85. The molecule has 0 fully saturated rings. The van der Waals surface area contributed by atoms with Crippen molar-refractivity contribution >= 4 is 17.0 Å². The fourth-order valence-corrected chi connectivity index (χ4v) is 1.92. The molecule has 0 unspecified atom stereocenters. The van der Waals surface area contributed by atoms with Crippen LogP contribution in [0.1, 0.15) is 20.8 Å². The first kappa shape index (κ1) is 14.4. The molecule has 5 nitrogen and oxygen atoms in total. The Kier molecular flexibility index (Phi) is 3.97. The molecular weight excluding hydrogens is 254 g/mol. The maximum Gasteiger partial charge on any atom is 0.410 e. The minimum absolute atomic E-state index is 0.296. The third kappa shape index (κ3) is 3.50. The standard InChI is InChI=1S/C15H21N3O2/c1-15(2,3)20-14(19)17(4)9-10-18-8-6-12-11-16-7-5-13(12)18/h5-8,11H,9-10H2,1-4H3. The van der Waals surface area contributed by atoms with E-state index < -0.39 is 5.60 Å². The van der Waals surface area contributed by atoms with E-state index in [2.05, 4.69) is 9.55 Å². The maximum atomic E-state index is 11.9. The normalized spacial score (nSPS) is 11.6. The van der Waals surface area contributed by atoms with Crippen molar-refractivity contribution in [1.29, 1.82) is 0 Å². The molecule has 0 N–H and O–H groups in total. The van der Waals surface area contributed by atoms with Crippen LogP contribution in [0.2, 0.25) is 0 Å². The van der Waals surface area contributed by atoms with Gasteiger partial charge in [0, 0.05) is 44.1 Å². The minimum atomic E-state index is -0.461. The lowest BCUT2D eigenvalue weighted by molar-refractivity contribution is 0.0294. The predicted molar refractivity (Wildman–Crippen MR) is 78.6 cm³/mol. The van der Waals surface area contributed by atoms with Crippen LogP contribution in [0, 0.1) is 0 Å². The van der Waals surface area contributed by atoms with Gasteiger partial charge in [0.2, 0.25) is 0 Å². The molecular formula is C15H21N3O2. The van der Waals surface area contributed by atoms with Gasteiger partial charge >= 0.3 is 6.09 Å². The van der Waals surface area contributed by atoms with E-state index in [1.165, 1.54) is 0 Å². The van der Waals surface area contributed by atoms with E-state index in [-0.39, 0.29) is 6.09 Å². The van der Waals surface area contributed by atoms with Crippen LogP contribution < -0.4 is 0 Å². The molecule has 2 heterocycles. The molecule has 2 rings (SSSR count). The van der Waals surface area contributed by atoms with Gasteiger partial charge in [0.05, 0.1) is 5.52 Å². The molecule has 5 heteroatoms. The van der Waals surface area contributed by atoms with E-state index in [4.69, 9.17) is 4.74 Å². The SMILES string of the molecule is CN(CCn1ccc2cnccc21)C(=O)OC(C)(C)C. The summed E-state index contributed by atoms with van der Waals surface area (Å²) in [6.45, 7) is 6.92. The summed E-state index contributed by atoms with van der Waals surface area (Å²) in [7, 11) is 1.75. The van der Waals surface area contributed by atoms with Crippen molar-refractivity contribution in [3.63, 3.8) is 0 Å². The number of carbonyl (C=O) groups is 1. The summed E-state index contributed by atoms with van der Waals surface area (Å²) in [5.74, 6) is 0. The van der Waals surface area contributed by atoms with Gasteiger partial charge in [-0.3, -0.25) is 4.98 Å². The van der Waals surface area contributed by atoms with Crippen LogP contribution in [0.3, 0.4) is 0 Å². The monoisotopic (exact) mass is 275 g/mol. The lowest BCUT2D eigenvalue weighted by Crippen LogP contribution is -2.35. The Morgan fingerprint density at radius 2 is 2.15 bits per heavy atom. The molecule has 0 aliphatic carbocycles. The average molecular weight is 275 g/mol. The molecule has 0 saturated carbocycles. The molecule has 0 saturated heterocycles. The Morgan fingerprint density at radius 1 is 1.40 bits per heavy atom. The topological polar surface area (TPSA) is 47.4 Å². The number of hydrogen-bond acceptors (Lipinski definition) is 3. The molecule has 0 spiro atoms. The van der Waals surface area contributed by atoms with Crippen molar-refractivity contribution < 1.29 is 9.53 Å². The van der Waals surface area contributed by atoms with Crippen LogP contribution in [0.15, 0.2) is 30.7 Å². The highest BCUT2D eigenvalue weighted by Gasteiger charge is 2.19. The molecule has 0 aliphatic heterocycles. The third-order valence-corrected chi connectivity index (χ3v) is 2.95. The van der Waals surface area contributed by atoms with Gasteiger partial charge in [-0.15, -0.1) is 0 Å². The molecule has 2 aromatic rings. The first-order chi connectivity index (χ1) is 9.37. The number of rotatable bonds is 3. The maximum absolute atomic E-state index is 11.9. The quantitative estimate of drug-likeness (QED) is 0.865. The van der Waals surface area contributed by atoms with Crippen molar-refractivity contribution in [1.82, 2.24) is 14.5 Å². The molecule has 2 aromatic heterocycles. The van der Waals surface area contributed by atoms with Crippen LogP contribution in [-0.4, -0.2) is 39.7 Å². The highest BCUT2D eigenvalue weighted by Crippen LogP contribution is 2.14. The number of amides is 1. The average Bonchev–Trinajstić information content (AvgIpc) is 2.77. The molecule has 20 heavy (non-hydrogen) atoms. The number of likely N-dealkylation sites (N-methyl/N-ethyl adjacent to an activating group) is 1. The smallest absolute Gasteiger partial charge is 0.410 e. The Morgan fingerprint density at radius 3 is 2.85 bits per heavy atom. The van der Waals surface area contributed by atoms with Crippen molar-refractivity contribution in [2.75, 3.05) is 13.6 Å². The van der Waals surface area contributed by atoms with Gasteiger partial charge in [-0.2, -0.15) is 0 Å². The van der Waals surface area contributed by atoms with E-state index in [0.717, 1.165) is 17.4 Å². The van der Waals surface area contributed by atoms with Crippen LogP contribution in [-0.2, 0) is 11.3 Å². The highest BCUT2D eigenvalue weighted by molar-refractivity contribution is 5.78. The van der Waals surface area contributed by atoms with E-state index >= 15 is 0 Å². The summed E-state index contributed by atoms with van der Waals surface area (Å²) in [5.41, 5.74) is 0.662. The summed E-state index contributed by atoms with van der Waals surface area (Å²) in [5, 5.41) is 1.10. The molecule has 108 valence electrons. The van der Waals surface area contributed by atoms with E-state index in [1.807, 2.05) is 45.3 Å². The zero-order chi connectivity index (χ0) is 14.8. The van der Waals surface area contributed by atoms with E-state index in [1.54, 1.807) is 18.1 Å². The van der Waals surface area contributed by atoms with Gasteiger partial charge in [-0.1, -0.05) is 0 Å². The van der Waals surface area contributed by atoms with Gasteiger partial charge < -0.3 is 14.2 Å². The second kappa shape index (κ2) is 5.53. The first-order valence-corrected chi connectivity index (χ1v) is 6.70. The van der Waals surface area contributed by atoms with Crippen molar-refractivity contribution in [2.45, 2.75) is 32.9 Å². The zero-order valence-corrected chi connectivity index (χ0v) is 12.5. The van der Waals surface area contributed by atoms with Crippen LogP contribution in [0.4, 0.5) is 4.79 Å². The summed E-state index contributed by atoms with van der Waals surface area (Å²) in [4.78, 5) is 17.6. The molecule has 0 aliphatic rings. The zero-order valence-electron chi connectivity index (χ0n) is 12.5. The fraction of sp³-hybridized carbons (Fsp3) is 0.467. The number of hydrogen-bond donors (Lipinski definition) is 0. The molecule has 0 radical (unpaired) electrons. The Bertz CT molecular complexity index is 598. The van der Waals surface area contributed by atoms with Crippen LogP contribution in [0.25, 0.3) is 10.9 Å². The summed E-state index contributed by atoms with van der Waals surface area (Å²) < 4.78 is 7.43. The Labute approximate surface area is 119 Å². The van der Waals surface area contributed by atoms with Gasteiger partial charge in [-0.05, 0) is 32.9 Å². The number of fused-ring (bicyclic) bond motifs is 1. The number of ether oxygens (including phenoxy) is 1. The van der Waals surface area contributed by atoms with Crippen LogP contribution in [0.5, 0.6) is 0 Å². The molecule has 0 bridgehead atoms. The van der Waals surface area contributed by atoms with Crippen molar-refractivity contribution in [2.24, 2.45) is 0 Å². The molecule has 1 amide bonds. The Balaban J connectivity index is 1.96. The first-order valence-electron chi connectivity index (χ1n) is 6.70. The van der Waals surface area contributed by atoms with Gasteiger partial charge in [0.1, 0.15) is 5.60 Å². The number of nitrogens with zero attached hydrogens (tertiary/aromatic N) is 3. The number of aromatic nitrogens is 2. The van der Waals surface area contributed by atoms with Crippen molar-refractivity contribution in [3.8, 4) is 0 Å². The minimum Gasteiger partial charge on any atom is -0.444 e. The number of pyridine rings is 1. The number of carbonyl (C=O) groups excluding carboxylic acids is 1. The lowest BCUT2D eigenvalue weighted by Gasteiger charge is -2.24. The van der Waals surface area contributed by atoms with Crippen LogP contribution >= 0.6 is 0 Å². The summed E-state index contributed by atoms with van der Waals surface area (Å²) in [6, 6.07) is 4.00. The molecule has 0 atom stereocenters. The third-order valence-electron chi connectivity index (χ3n) is 2.95. The van der Waals surface area contributed by atoms with Gasteiger partial charge in [-0.25, -0.2) is 4.79 Å². The summed E-state index contributed by atoms with van der Waals surface area (Å²) in [6.07, 6.45) is 5.32. The van der Waals surface area contributed by atoms with Gasteiger partial charge in [0.25, 0.3) is 0 Å². The van der Waals surface area contributed by atoms with E-state index in [9.17, 15) is 4.79 Å². The van der Waals surface area contributed by atoms with Crippen molar-refractivity contribution in [3.05, 3.63) is 30.7 Å². The lowest BCUT2D eigenvalue weighted by atomic mass is 10.2. The van der Waals surface area contributed by atoms with E-state index in [0.29, 0.717) is 6.54 Å². The highest BCUT2D eigenvalue weighted by atomic mass is 16.6. The fourth-order valence-electron chi connectivity index (χ4n) is 1.92.